The van der Waals surface area contributed by atoms with Crippen LogP contribution in [0.1, 0.15) is 57.5 Å². The van der Waals surface area contributed by atoms with E-state index in [0.717, 1.165) is 33.7 Å². The molecule has 256 valence electrons. The number of piperidine rings is 1. The number of thioether (sulfide) groups is 1. The minimum atomic E-state index is -0.974. The van der Waals surface area contributed by atoms with Gasteiger partial charge in [-0.25, -0.2) is 18.6 Å². The first-order valence-electron chi connectivity index (χ1n) is 15.1. The Kier molecular flexibility index (Phi) is 10.4. The molecule has 0 saturated carbocycles. The van der Waals surface area contributed by atoms with E-state index < -0.39 is 52.2 Å². The molecule has 3 aromatic carbocycles. The number of rotatable bonds is 7. The lowest BCUT2D eigenvalue weighted by Gasteiger charge is -2.37. The minimum Gasteiger partial charge on any atom is -0.398 e. The first-order valence-corrected chi connectivity index (χ1v) is 16.0. The van der Waals surface area contributed by atoms with Gasteiger partial charge in [0.05, 0.1) is 18.2 Å². The van der Waals surface area contributed by atoms with E-state index in [0.29, 0.717) is 19.4 Å². The molecule has 13 nitrogen and oxygen atoms in total. The third-order valence-electron chi connectivity index (χ3n) is 8.13. The molecule has 3 aliphatic heterocycles. The lowest BCUT2D eigenvalue weighted by molar-refractivity contribution is -0.136. The Balaban J connectivity index is 0.000000204. The van der Waals surface area contributed by atoms with Crippen LogP contribution in [0.15, 0.2) is 71.8 Å². The van der Waals surface area contributed by atoms with Gasteiger partial charge in [0.1, 0.15) is 27.6 Å². The van der Waals surface area contributed by atoms with Crippen molar-refractivity contribution >= 4 is 52.2 Å². The van der Waals surface area contributed by atoms with E-state index in [1.807, 2.05) is 30.3 Å². The van der Waals surface area contributed by atoms with Crippen LogP contribution in [0, 0.1) is 11.6 Å². The van der Waals surface area contributed by atoms with E-state index in [1.165, 1.54) is 43.1 Å². The van der Waals surface area contributed by atoms with Crippen LogP contribution in [-0.2, 0) is 19.3 Å². The van der Waals surface area contributed by atoms with Crippen molar-refractivity contribution in [3.05, 3.63) is 101 Å². The zero-order valence-electron chi connectivity index (χ0n) is 26.5. The van der Waals surface area contributed by atoms with Gasteiger partial charge >= 0.3 is 6.03 Å². The summed E-state index contributed by atoms with van der Waals surface area (Å²) < 4.78 is 28.3. The lowest BCUT2D eigenvalue weighted by Crippen LogP contribution is -2.54. The van der Waals surface area contributed by atoms with Crippen LogP contribution in [-0.4, -0.2) is 76.4 Å². The zero-order valence-corrected chi connectivity index (χ0v) is 27.3. The predicted octanol–water partition coefficient (Wildman–Crippen LogP) is 3.55. The highest BCUT2D eigenvalue weighted by Gasteiger charge is 2.50. The number of hydroxylamine groups is 2. The summed E-state index contributed by atoms with van der Waals surface area (Å²) >= 11 is 1.20. The number of carbonyl (C=O) groups is 5. The van der Waals surface area contributed by atoms with Crippen LogP contribution < -0.4 is 16.8 Å². The fraction of sp³-hybridized carbons (Fsp3) is 0.273. The number of imide groups is 2. The summed E-state index contributed by atoms with van der Waals surface area (Å²) in [5, 5.41) is 9.06. The van der Waals surface area contributed by atoms with Crippen LogP contribution in [0.2, 0.25) is 0 Å². The van der Waals surface area contributed by atoms with Crippen molar-refractivity contribution in [1.29, 1.82) is 0 Å². The number of nitrogens with zero attached hydrogens (tertiary/aromatic N) is 4. The first kappa shape index (κ1) is 35.1. The van der Waals surface area contributed by atoms with E-state index in [-0.39, 0.29) is 40.3 Å². The molecule has 16 heteroatoms. The Morgan fingerprint density at radius 3 is 2.45 bits per heavy atom. The van der Waals surface area contributed by atoms with Gasteiger partial charge in [-0.2, -0.15) is 10.1 Å². The largest absolute Gasteiger partial charge is 0.398 e. The molecule has 0 aromatic heterocycles. The van der Waals surface area contributed by atoms with Crippen LogP contribution in [0.5, 0.6) is 0 Å². The smallest absolute Gasteiger partial charge is 0.365 e. The highest BCUT2D eigenvalue weighted by atomic mass is 32.2. The second-order valence-corrected chi connectivity index (χ2v) is 12.4. The second kappa shape index (κ2) is 14.5. The van der Waals surface area contributed by atoms with Crippen molar-refractivity contribution in [2.24, 2.45) is 10.8 Å². The van der Waals surface area contributed by atoms with Gasteiger partial charge in [0.25, 0.3) is 11.8 Å². The van der Waals surface area contributed by atoms with Crippen molar-refractivity contribution < 1.29 is 37.6 Å². The SMILES string of the molecule is CON(C)C(=O)N1N=C(c2cc(F)ccc2F)S[C@@]1(CCCN)c1ccccc1.Nc1cccc2c1C(=O)N(C1CCC(=O)NC1=O)C2=O. The van der Waals surface area contributed by atoms with Gasteiger partial charge in [-0.3, -0.25) is 34.2 Å². The van der Waals surface area contributed by atoms with Gasteiger partial charge in [0, 0.05) is 24.7 Å². The predicted molar refractivity (Wildman–Crippen MR) is 176 cm³/mol. The van der Waals surface area contributed by atoms with Gasteiger partial charge < -0.3 is 11.5 Å². The highest BCUT2D eigenvalue weighted by Crippen LogP contribution is 2.51. The first-order chi connectivity index (χ1) is 23.4. The van der Waals surface area contributed by atoms with Crippen molar-refractivity contribution in [3.63, 3.8) is 0 Å². The monoisotopic (exact) mass is 693 g/mol. The highest BCUT2D eigenvalue weighted by molar-refractivity contribution is 8.15. The number of urea groups is 1. The van der Waals surface area contributed by atoms with Gasteiger partial charge in [-0.1, -0.05) is 48.2 Å². The van der Waals surface area contributed by atoms with Crippen LogP contribution in [0.4, 0.5) is 19.3 Å². The quantitative estimate of drug-likeness (QED) is 0.190. The maximum atomic E-state index is 14.5. The van der Waals surface area contributed by atoms with E-state index in [1.54, 1.807) is 6.07 Å². The number of nitrogens with two attached hydrogens (primary N) is 2. The Morgan fingerprint density at radius 2 is 1.80 bits per heavy atom. The van der Waals surface area contributed by atoms with Crippen LogP contribution in [0.25, 0.3) is 0 Å². The number of benzene rings is 3. The molecule has 0 bridgehead atoms. The molecule has 0 radical (unpaired) electrons. The summed E-state index contributed by atoms with van der Waals surface area (Å²) in [6, 6.07) is 15.6. The van der Waals surface area contributed by atoms with Crippen LogP contribution >= 0.6 is 11.8 Å². The molecule has 3 aliphatic rings. The molecule has 1 fully saturated rings. The summed E-state index contributed by atoms with van der Waals surface area (Å²) in [4.78, 5) is 65.6. The Hall–Kier alpha value is -5.19. The third kappa shape index (κ3) is 6.75. The molecule has 3 heterocycles. The summed E-state index contributed by atoms with van der Waals surface area (Å²) in [6.07, 6.45) is 1.29. The van der Waals surface area contributed by atoms with Gasteiger partial charge in [-0.05, 0) is 61.7 Å². The van der Waals surface area contributed by atoms with E-state index >= 15 is 0 Å². The molecule has 1 unspecified atom stereocenters. The minimum absolute atomic E-state index is 0.00146. The molecular formula is C33H33F2N7O6S. The number of anilines is 1. The van der Waals surface area contributed by atoms with Crippen molar-refractivity contribution in [3.8, 4) is 0 Å². The third-order valence-corrected chi connectivity index (χ3v) is 9.57. The molecule has 49 heavy (non-hydrogen) atoms. The average molecular weight is 694 g/mol. The molecular weight excluding hydrogens is 660 g/mol. The van der Waals surface area contributed by atoms with Crippen molar-refractivity contribution in [2.45, 2.75) is 36.6 Å². The molecule has 6 rings (SSSR count). The molecule has 1 saturated heterocycles. The average Bonchev–Trinajstić information content (AvgIpc) is 3.61. The van der Waals surface area contributed by atoms with Crippen molar-refractivity contribution in [1.82, 2.24) is 20.3 Å². The fourth-order valence-corrected chi connectivity index (χ4v) is 7.05. The summed E-state index contributed by atoms with van der Waals surface area (Å²) in [6.45, 7) is 0.404. The Labute approximate surface area is 284 Å². The molecule has 2 atom stereocenters. The lowest BCUT2D eigenvalue weighted by atomic mass is 10.0. The number of hydrogen-bond donors (Lipinski definition) is 3. The fourth-order valence-electron chi connectivity index (χ4n) is 5.64. The Bertz CT molecular complexity index is 1850. The summed E-state index contributed by atoms with van der Waals surface area (Å²) in [5.41, 5.74) is 12.8. The summed E-state index contributed by atoms with van der Waals surface area (Å²) in [7, 11) is 2.82. The standard InChI is InChI=1S/C20H22F2N4O2S.C13H11N3O4/c1-25(28-2)19(27)26-20(11-6-12-23,14-7-4-3-5-8-14)29-18(24-26)16-13-15(21)9-10-17(16)22;14-7-3-1-2-6-10(7)13(20)16(12(6)19)8-4-5-9(17)15-11(8)18/h3-5,7-10,13H,6,11-12,23H2,1-2H3;1-3,8H,4-5,14H2,(H,15,17,18)/t20-;/m0./s1. The van der Waals surface area contributed by atoms with Crippen molar-refractivity contribution in [2.75, 3.05) is 26.4 Å². The molecule has 0 spiro atoms. The number of fused-ring (bicyclic) bond motifs is 1. The number of nitrogen functional groups attached to an aromatic ring is 1. The molecule has 6 amide bonds. The molecule has 0 aliphatic carbocycles. The van der Waals surface area contributed by atoms with E-state index in [4.69, 9.17) is 16.3 Å². The number of amides is 6. The maximum Gasteiger partial charge on any atom is 0.365 e. The van der Waals surface area contributed by atoms with Crippen LogP contribution in [0.3, 0.4) is 0 Å². The van der Waals surface area contributed by atoms with Gasteiger partial charge in [0.2, 0.25) is 11.8 Å². The number of hydrazone groups is 1. The Morgan fingerprint density at radius 1 is 1.06 bits per heavy atom. The maximum absolute atomic E-state index is 14.5. The van der Waals surface area contributed by atoms with Gasteiger partial charge in [-0.15, -0.1) is 0 Å². The number of halogens is 2. The number of nitrogens with one attached hydrogen (secondary N) is 1. The van der Waals surface area contributed by atoms with E-state index in [2.05, 4.69) is 10.4 Å². The zero-order chi connectivity index (χ0) is 35.5. The number of carbonyl (C=O) groups excluding carboxylic acids is 5. The van der Waals surface area contributed by atoms with Gasteiger partial charge in [0.15, 0.2) is 0 Å². The topological polar surface area (TPSA) is 181 Å². The number of hydrogen-bond acceptors (Lipinski definition) is 10. The second-order valence-electron chi connectivity index (χ2n) is 11.2. The summed E-state index contributed by atoms with van der Waals surface area (Å²) in [5.74, 6) is -3.37. The molecule has 5 N–H and O–H groups in total. The normalized spacial score (nSPS) is 20.0. The molecule has 3 aromatic rings. The van der Waals surface area contributed by atoms with E-state index in [9.17, 15) is 32.8 Å².